The fraction of sp³-hybridized carbons (Fsp3) is 0.176. The maximum atomic E-state index is 5.33. The number of nitrogens with zero attached hydrogens (tertiary/aromatic N) is 5. The summed E-state index contributed by atoms with van der Waals surface area (Å²) in [5.41, 5.74) is 6.82. The Bertz CT molecular complexity index is 992. The molecule has 114 valence electrons. The van der Waals surface area contributed by atoms with Gasteiger partial charge in [0.25, 0.3) is 0 Å². The van der Waals surface area contributed by atoms with Gasteiger partial charge in [0.15, 0.2) is 17.8 Å². The summed E-state index contributed by atoms with van der Waals surface area (Å²) >= 11 is 0. The van der Waals surface area contributed by atoms with Crippen LogP contribution in [-0.4, -0.2) is 24.7 Å². The molecule has 0 N–H and O–H groups in total. The zero-order chi connectivity index (χ0) is 16.0. The minimum Gasteiger partial charge on any atom is -0.442 e. The molecule has 6 heteroatoms. The van der Waals surface area contributed by atoms with Crippen molar-refractivity contribution in [2.45, 2.75) is 20.8 Å². The van der Waals surface area contributed by atoms with Gasteiger partial charge in [-0.2, -0.15) is 0 Å². The largest absolute Gasteiger partial charge is 0.442 e. The number of rotatable bonds is 2. The van der Waals surface area contributed by atoms with Gasteiger partial charge in [-0.3, -0.25) is 9.55 Å². The second-order valence-electron chi connectivity index (χ2n) is 5.66. The summed E-state index contributed by atoms with van der Waals surface area (Å²) in [6.07, 6.45) is 6.52. The van der Waals surface area contributed by atoms with Crippen LogP contribution in [-0.2, 0) is 0 Å². The van der Waals surface area contributed by atoms with E-state index >= 15 is 0 Å². The Balaban J connectivity index is 1.99. The lowest BCUT2D eigenvalue weighted by atomic mass is 10.0. The lowest BCUT2D eigenvalue weighted by Gasteiger charge is -2.14. The maximum Gasteiger partial charge on any atom is 0.182 e. The number of aromatic nitrogens is 5. The van der Waals surface area contributed by atoms with Gasteiger partial charge >= 0.3 is 0 Å². The molecule has 0 radical (unpaired) electrons. The average molecular weight is 305 g/mol. The van der Waals surface area contributed by atoms with E-state index in [4.69, 9.17) is 4.42 Å². The Morgan fingerprint density at radius 3 is 2.61 bits per heavy atom. The molecule has 0 unspecified atom stereocenters. The highest BCUT2D eigenvalue weighted by Crippen LogP contribution is 2.29. The van der Waals surface area contributed by atoms with Crippen LogP contribution in [0.2, 0.25) is 0 Å². The fourth-order valence-corrected chi connectivity index (χ4v) is 3.09. The van der Waals surface area contributed by atoms with E-state index in [1.807, 2.05) is 4.57 Å². The number of benzene rings is 1. The Morgan fingerprint density at radius 1 is 1.04 bits per heavy atom. The third-order valence-corrected chi connectivity index (χ3v) is 3.91. The molecule has 0 aliphatic rings. The first-order chi connectivity index (χ1) is 11.1. The third kappa shape index (κ3) is 2.11. The molecule has 1 aromatic carbocycles. The van der Waals surface area contributed by atoms with Gasteiger partial charge in [-0.1, -0.05) is 17.7 Å². The normalized spacial score (nSPS) is 11.3. The van der Waals surface area contributed by atoms with Gasteiger partial charge in [0.1, 0.15) is 11.8 Å². The highest BCUT2D eigenvalue weighted by atomic mass is 16.3. The summed E-state index contributed by atoms with van der Waals surface area (Å²) in [5.74, 6) is 0.701. The van der Waals surface area contributed by atoms with E-state index < -0.39 is 0 Å². The summed E-state index contributed by atoms with van der Waals surface area (Å²) in [6, 6.07) is 4.31. The molecular weight excluding hydrogens is 290 g/mol. The van der Waals surface area contributed by atoms with Crippen LogP contribution in [0.5, 0.6) is 0 Å². The van der Waals surface area contributed by atoms with Crippen molar-refractivity contribution >= 4 is 11.1 Å². The average Bonchev–Trinajstić information content (AvgIpc) is 3.14. The lowest BCUT2D eigenvalue weighted by molar-refractivity contribution is 0.601. The van der Waals surface area contributed by atoms with Crippen LogP contribution >= 0.6 is 0 Å². The summed E-state index contributed by atoms with van der Waals surface area (Å²) in [5, 5.41) is 8.39. The highest BCUT2D eigenvalue weighted by molar-refractivity contribution is 5.87. The number of fused-ring (bicyclic) bond motifs is 1. The first-order valence-electron chi connectivity index (χ1n) is 7.31. The molecule has 0 saturated carbocycles. The number of pyridine rings is 1. The van der Waals surface area contributed by atoms with Crippen molar-refractivity contribution in [3.8, 4) is 17.1 Å². The zero-order valence-corrected chi connectivity index (χ0v) is 13.1. The second-order valence-corrected chi connectivity index (χ2v) is 5.66. The first-order valence-corrected chi connectivity index (χ1v) is 7.31. The number of oxazole rings is 1. The molecule has 0 spiro atoms. The summed E-state index contributed by atoms with van der Waals surface area (Å²) in [4.78, 5) is 8.50. The van der Waals surface area contributed by atoms with Crippen molar-refractivity contribution in [3.05, 3.63) is 53.9 Å². The standard InChI is InChI=1S/C17H15N5O/c1-10-4-11(2)16(12(3)5-10)22-8-20-21-17(22)13-6-18-7-14-15(13)19-9-23-14/h4-9H,1-3H3. The fourth-order valence-electron chi connectivity index (χ4n) is 3.09. The first kappa shape index (κ1) is 13.6. The van der Waals surface area contributed by atoms with Gasteiger partial charge in [-0.15, -0.1) is 10.2 Å². The molecule has 3 heterocycles. The van der Waals surface area contributed by atoms with Crippen LogP contribution < -0.4 is 0 Å². The van der Waals surface area contributed by atoms with Gasteiger partial charge in [0.05, 0.1) is 17.4 Å². The van der Waals surface area contributed by atoms with E-state index in [2.05, 4.69) is 53.1 Å². The van der Waals surface area contributed by atoms with Crippen molar-refractivity contribution < 1.29 is 4.42 Å². The van der Waals surface area contributed by atoms with E-state index in [1.54, 1.807) is 18.7 Å². The van der Waals surface area contributed by atoms with Gasteiger partial charge in [0.2, 0.25) is 0 Å². The molecule has 0 aliphatic carbocycles. The Morgan fingerprint density at radius 2 is 1.83 bits per heavy atom. The highest BCUT2D eigenvalue weighted by Gasteiger charge is 2.17. The molecule has 0 amide bonds. The van der Waals surface area contributed by atoms with Gasteiger partial charge in [-0.25, -0.2) is 4.98 Å². The Hall–Kier alpha value is -3.02. The van der Waals surface area contributed by atoms with Crippen LogP contribution in [0.4, 0.5) is 0 Å². The van der Waals surface area contributed by atoms with Crippen LogP contribution in [0.3, 0.4) is 0 Å². The van der Waals surface area contributed by atoms with E-state index in [0.29, 0.717) is 11.4 Å². The molecule has 0 atom stereocenters. The predicted molar refractivity (Wildman–Crippen MR) is 86.4 cm³/mol. The minimum atomic E-state index is 0.634. The number of aryl methyl sites for hydroxylation is 3. The second kappa shape index (κ2) is 5.01. The molecular formula is C17H15N5O. The third-order valence-electron chi connectivity index (χ3n) is 3.91. The molecule has 0 bridgehead atoms. The minimum absolute atomic E-state index is 0.634. The van der Waals surface area contributed by atoms with Crippen LogP contribution in [0.1, 0.15) is 16.7 Å². The summed E-state index contributed by atoms with van der Waals surface area (Å²) in [6.45, 7) is 6.28. The van der Waals surface area contributed by atoms with Crippen molar-refractivity contribution in [3.63, 3.8) is 0 Å². The molecule has 0 fully saturated rings. The van der Waals surface area contributed by atoms with Crippen molar-refractivity contribution in [2.75, 3.05) is 0 Å². The smallest absolute Gasteiger partial charge is 0.182 e. The van der Waals surface area contributed by atoms with Crippen LogP contribution in [0.25, 0.3) is 28.2 Å². The quantitative estimate of drug-likeness (QED) is 0.567. The van der Waals surface area contributed by atoms with Crippen molar-refractivity contribution in [1.29, 1.82) is 0 Å². The molecule has 0 saturated heterocycles. The number of hydrogen-bond acceptors (Lipinski definition) is 5. The van der Waals surface area contributed by atoms with Crippen molar-refractivity contribution in [1.82, 2.24) is 24.7 Å². The maximum absolute atomic E-state index is 5.33. The van der Waals surface area contributed by atoms with Crippen LogP contribution in [0, 0.1) is 20.8 Å². The zero-order valence-electron chi connectivity index (χ0n) is 13.1. The summed E-state index contributed by atoms with van der Waals surface area (Å²) in [7, 11) is 0. The SMILES string of the molecule is Cc1cc(C)c(-n2cnnc2-c2cncc3ocnc23)c(C)c1. The Kier molecular flexibility index (Phi) is 2.97. The molecule has 3 aromatic heterocycles. The lowest BCUT2D eigenvalue weighted by Crippen LogP contribution is -2.02. The van der Waals surface area contributed by atoms with Crippen molar-refractivity contribution in [2.24, 2.45) is 0 Å². The van der Waals surface area contributed by atoms with Crippen LogP contribution in [0.15, 0.2) is 41.7 Å². The van der Waals surface area contributed by atoms with E-state index in [9.17, 15) is 0 Å². The molecule has 23 heavy (non-hydrogen) atoms. The van der Waals surface area contributed by atoms with E-state index in [0.717, 1.165) is 16.8 Å². The van der Waals surface area contributed by atoms with E-state index in [1.165, 1.54) is 23.1 Å². The molecule has 0 aliphatic heterocycles. The summed E-state index contributed by atoms with van der Waals surface area (Å²) < 4.78 is 7.32. The monoisotopic (exact) mass is 305 g/mol. The molecule has 6 nitrogen and oxygen atoms in total. The van der Waals surface area contributed by atoms with E-state index in [-0.39, 0.29) is 0 Å². The molecule has 4 rings (SSSR count). The Labute approximate surface area is 132 Å². The number of hydrogen-bond donors (Lipinski definition) is 0. The topological polar surface area (TPSA) is 69.6 Å². The van der Waals surface area contributed by atoms with Gasteiger partial charge < -0.3 is 4.42 Å². The molecule has 4 aromatic rings. The van der Waals surface area contributed by atoms with Gasteiger partial charge in [-0.05, 0) is 31.9 Å². The predicted octanol–water partition coefficient (Wildman–Crippen LogP) is 3.40. The van der Waals surface area contributed by atoms with Gasteiger partial charge in [0, 0.05) is 6.20 Å².